The first-order valence-corrected chi connectivity index (χ1v) is 12.9. The number of benzene rings is 1. The van der Waals surface area contributed by atoms with Gasteiger partial charge in [-0.1, -0.05) is 34.9 Å². The highest BCUT2D eigenvalue weighted by Crippen LogP contribution is 2.30. The van der Waals surface area contributed by atoms with Crippen molar-refractivity contribution >= 4 is 23.5 Å². The lowest BCUT2D eigenvalue weighted by Crippen LogP contribution is -2.61. The van der Waals surface area contributed by atoms with Crippen molar-refractivity contribution in [2.24, 2.45) is 5.11 Å². The summed E-state index contributed by atoms with van der Waals surface area (Å²) in [5.41, 5.74) is 10.4. The fourth-order valence-electron chi connectivity index (χ4n) is 3.81. The Labute approximate surface area is 227 Å². The van der Waals surface area contributed by atoms with Crippen LogP contribution in [-0.2, 0) is 49.5 Å². The monoisotopic (exact) mass is 547 g/mol. The van der Waals surface area contributed by atoms with Crippen molar-refractivity contribution in [1.82, 2.24) is 0 Å². The second-order valence-corrected chi connectivity index (χ2v) is 9.46. The van der Waals surface area contributed by atoms with Crippen molar-refractivity contribution in [3.05, 3.63) is 45.8 Å². The third-order valence-electron chi connectivity index (χ3n) is 5.94. The molecule has 12 heteroatoms. The van der Waals surface area contributed by atoms with Crippen LogP contribution >= 0.6 is 0 Å². The minimum atomic E-state index is -1.12. The molecular weight excluding hydrogens is 510 g/mol. The number of carbonyl (C=O) groups is 4. The Kier molecular flexibility index (Phi) is 13.6. The molecule has 39 heavy (non-hydrogen) atoms. The Hall–Kier alpha value is -3.31. The highest BCUT2D eigenvalue weighted by atomic mass is 16.7. The minimum Gasteiger partial charge on any atom is -0.455 e. The number of carbonyl (C=O) groups excluding carboxylic acids is 4. The molecule has 1 aromatic carbocycles. The summed E-state index contributed by atoms with van der Waals surface area (Å²) in [5.74, 6) is -1.66. The zero-order chi connectivity index (χ0) is 28.8. The van der Waals surface area contributed by atoms with Gasteiger partial charge < -0.3 is 33.3 Å². The molecule has 1 heterocycles. The van der Waals surface area contributed by atoms with E-state index in [0.29, 0.717) is 6.42 Å². The quantitative estimate of drug-likeness (QED) is 0.0981. The highest BCUT2D eigenvalue weighted by molar-refractivity contribution is 5.81. The average Bonchev–Trinajstić information content (AvgIpc) is 2.88. The number of aryl methyl sites for hydroxylation is 1. The van der Waals surface area contributed by atoms with Crippen LogP contribution in [0.4, 0.5) is 0 Å². The summed E-state index contributed by atoms with van der Waals surface area (Å²) < 4.78 is 29.5. The predicted molar refractivity (Wildman–Crippen MR) is 138 cm³/mol. The molecule has 0 radical (unpaired) electrons. The molecule has 1 fully saturated rings. The van der Waals surface area contributed by atoms with Crippen LogP contribution in [-0.4, -0.2) is 67.4 Å². The summed E-state index contributed by atoms with van der Waals surface area (Å²) in [5, 5.41) is 3.49. The smallest absolute Gasteiger partial charge is 0.306 e. The number of rotatable bonds is 16. The Bertz CT molecular complexity index is 1020. The van der Waals surface area contributed by atoms with Gasteiger partial charge in [0.25, 0.3) is 0 Å². The largest absolute Gasteiger partial charge is 0.455 e. The predicted octanol–water partition coefficient (Wildman–Crippen LogP) is 3.90. The molecule has 0 bridgehead atoms. The molecule has 0 amide bonds. The number of esters is 2. The second kappa shape index (κ2) is 16.6. The van der Waals surface area contributed by atoms with Crippen LogP contribution in [0.2, 0.25) is 0 Å². The van der Waals surface area contributed by atoms with Crippen molar-refractivity contribution in [3.63, 3.8) is 0 Å². The molecule has 12 nitrogen and oxygen atoms in total. The highest BCUT2D eigenvalue weighted by Gasteiger charge is 2.50. The van der Waals surface area contributed by atoms with Gasteiger partial charge in [0.05, 0.1) is 25.6 Å². The van der Waals surface area contributed by atoms with Gasteiger partial charge in [-0.15, -0.1) is 0 Å². The molecular formula is C27H37N3O9. The molecule has 1 aliphatic rings. The van der Waals surface area contributed by atoms with Gasteiger partial charge >= 0.3 is 11.9 Å². The fourth-order valence-corrected chi connectivity index (χ4v) is 3.81. The number of ether oxygens (including phenoxy) is 5. The van der Waals surface area contributed by atoms with E-state index in [1.165, 1.54) is 13.8 Å². The van der Waals surface area contributed by atoms with Gasteiger partial charge in [0.2, 0.25) is 0 Å². The lowest BCUT2D eigenvalue weighted by molar-refractivity contribution is -0.308. The van der Waals surface area contributed by atoms with E-state index in [0.717, 1.165) is 11.1 Å². The first kappa shape index (κ1) is 31.9. The summed E-state index contributed by atoms with van der Waals surface area (Å²) in [6.07, 6.45) is -4.84. The van der Waals surface area contributed by atoms with Crippen molar-refractivity contribution in [1.29, 1.82) is 0 Å². The summed E-state index contributed by atoms with van der Waals surface area (Å²) in [6.45, 7) is 6.85. The molecule has 214 valence electrons. The molecule has 1 saturated heterocycles. The fraction of sp³-hybridized carbons (Fsp3) is 0.630. The number of nitrogens with zero attached hydrogens (tertiary/aromatic N) is 3. The van der Waals surface area contributed by atoms with E-state index in [9.17, 15) is 19.2 Å². The van der Waals surface area contributed by atoms with Crippen LogP contribution in [0.25, 0.3) is 10.4 Å². The molecule has 0 N–H and O–H groups in total. The number of azide groups is 1. The van der Waals surface area contributed by atoms with Crippen LogP contribution in [0.5, 0.6) is 0 Å². The number of Topliss-reactive ketones (excluding diaryl/α,β-unsaturated/α-hetero) is 2. The van der Waals surface area contributed by atoms with Crippen LogP contribution in [0.1, 0.15) is 64.0 Å². The van der Waals surface area contributed by atoms with Gasteiger partial charge in [0.1, 0.15) is 17.7 Å². The molecule has 0 saturated carbocycles. The van der Waals surface area contributed by atoms with Crippen LogP contribution in [0.15, 0.2) is 29.4 Å². The van der Waals surface area contributed by atoms with Crippen LogP contribution in [0, 0.1) is 6.92 Å². The summed E-state index contributed by atoms with van der Waals surface area (Å²) in [4.78, 5) is 50.8. The lowest BCUT2D eigenvalue weighted by atomic mass is 9.98. The standard InChI is InChI=1S/C27H37N3O9/c1-17-6-10-21(11-7-17)16-36-26-25(39-23(34)13-9-19(3)32)24(38-22(33)12-8-18(2)31)20(4)37-27(26)35-15-5-14-29-30-28/h6-7,10-11,20,24-27H,5,8-9,12-16H2,1-4H3/t20-,24+,25+,26-,27+/m0/s1. The van der Waals surface area contributed by atoms with E-state index in [1.807, 2.05) is 31.2 Å². The zero-order valence-electron chi connectivity index (χ0n) is 22.9. The Morgan fingerprint density at radius 1 is 0.897 bits per heavy atom. The van der Waals surface area contributed by atoms with Crippen molar-refractivity contribution < 1.29 is 42.9 Å². The van der Waals surface area contributed by atoms with Crippen molar-refractivity contribution in [3.8, 4) is 0 Å². The van der Waals surface area contributed by atoms with E-state index in [-0.39, 0.29) is 57.0 Å². The van der Waals surface area contributed by atoms with Crippen molar-refractivity contribution in [2.45, 2.75) is 97.1 Å². The maximum atomic E-state index is 12.7. The SMILES string of the molecule is CC(=O)CCC(=O)O[C@H]1[C@H](OCc2ccc(C)cc2)[C@H](OCCCN=[N+]=[N-])O[C@@H](C)[C@H]1OC(=O)CCC(C)=O. The van der Waals surface area contributed by atoms with E-state index in [2.05, 4.69) is 10.0 Å². The Morgan fingerprint density at radius 2 is 1.49 bits per heavy atom. The van der Waals surface area contributed by atoms with E-state index in [4.69, 9.17) is 29.2 Å². The Morgan fingerprint density at radius 3 is 2.05 bits per heavy atom. The lowest BCUT2D eigenvalue weighted by Gasteiger charge is -2.44. The van der Waals surface area contributed by atoms with E-state index >= 15 is 0 Å². The molecule has 0 spiro atoms. The summed E-state index contributed by atoms with van der Waals surface area (Å²) >= 11 is 0. The molecule has 0 aromatic heterocycles. The zero-order valence-corrected chi connectivity index (χ0v) is 22.9. The summed E-state index contributed by atoms with van der Waals surface area (Å²) in [6, 6.07) is 7.65. The first-order chi connectivity index (χ1) is 18.6. The maximum Gasteiger partial charge on any atom is 0.306 e. The van der Waals surface area contributed by atoms with Gasteiger partial charge in [-0.2, -0.15) is 0 Å². The third-order valence-corrected chi connectivity index (χ3v) is 5.94. The Balaban J connectivity index is 2.31. The number of hydrogen-bond donors (Lipinski definition) is 0. The molecule has 0 unspecified atom stereocenters. The van der Waals surface area contributed by atoms with Gasteiger partial charge in [-0.3, -0.25) is 9.59 Å². The van der Waals surface area contributed by atoms with Gasteiger partial charge in [0, 0.05) is 30.9 Å². The van der Waals surface area contributed by atoms with Crippen LogP contribution in [0.3, 0.4) is 0 Å². The molecule has 1 aromatic rings. The third kappa shape index (κ3) is 11.5. The van der Waals surface area contributed by atoms with Gasteiger partial charge in [-0.05, 0) is 45.2 Å². The van der Waals surface area contributed by atoms with Gasteiger partial charge in [0.15, 0.2) is 18.5 Å². The maximum absolute atomic E-state index is 12.7. The van der Waals surface area contributed by atoms with Crippen LogP contribution < -0.4 is 0 Å². The average molecular weight is 548 g/mol. The minimum absolute atomic E-state index is 0.00506. The van der Waals surface area contributed by atoms with E-state index in [1.54, 1.807) is 6.92 Å². The second-order valence-electron chi connectivity index (χ2n) is 9.46. The first-order valence-electron chi connectivity index (χ1n) is 12.9. The molecule has 1 aliphatic heterocycles. The number of hydrogen-bond acceptors (Lipinski definition) is 10. The van der Waals surface area contributed by atoms with Gasteiger partial charge in [-0.25, -0.2) is 0 Å². The van der Waals surface area contributed by atoms with Crippen molar-refractivity contribution in [2.75, 3.05) is 13.2 Å². The molecule has 2 rings (SSSR count). The number of ketones is 2. The normalized spacial score (nSPS) is 22.4. The van der Waals surface area contributed by atoms with E-state index < -0.39 is 42.6 Å². The topological polar surface area (TPSA) is 163 Å². The summed E-state index contributed by atoms with van der Waals surface area (Å²) in [7, 11) is 0. The molecule has 5 atom stereocenters. The molecule has 0 aliphatic carbocycles.